The number of quaternary nitrogens is 1. The van der Waals surface area contributed by atoms with E-state index in [0.717, 1.165) is 57.8 Å². The Labute approximate surface area is 398 Å². The summed E-state index contributed by atoms with van der Waals surface area (Å²) >= 11 is 0. The molecular weight excluding hydrogens is 815 g/mol. The minimum atomic E-state index is -1.64. The minimum Gasteiger partial charge on any atom is -0.545 e. The number of rotatable bonds is 47. The van der Waals surface area contributed by atoms with Crippen molar-refractivity contribution < 1.29 is 42.9 Å². The lowest BCUT2D eigenvalue weighted by molar-refractivity contribution is -0.870. The third-order valence-electron chi connectivity index (χ3n) is 11.0. The number of carboxylic acid groups (broad SMARTS) is 1. The van der Waals surface area contributed by atoms with Crippen LogP contribution in [0.4, 0.5) is 0 Å². The molecular formula is C56H97NO8. The highest BCUT2D eigenvalue weighted by atomic mass is 16.7. The van der Waals surface area contributed by atoms with E-state index < -0.39 is 24.3 Å². The normalized spacial score (nSPS) is 13.4. The fourth-order valence-corrected chi connectivity index (χ4v) is 6.97. The first-order chi connectivity index (χ1) is 31.6. The lowest BCUT2D eigenvalue weighted by Gasteiger charge is -2.26. The number of esters is 2. The summed E-state index contributed by atoms with van der Waals surface area (Å²) in [4.78, 5) is 37.1. The second-order valence-electron chi connectivity index (χ2n) is 18.4. The number of carbonyl (C=O) groups is 3. The van der Waals surface area contributed by atoms with Crippen LogP contribution in [0.25, 0.3) is 0 Å². The molecule has 0 spiro atoms. The molecule has 65 heavy (non-hydrogen) atoms. The number of carbonyl (C=O) groups excluding carboxylic acids is 3. The molecule has 9 heteroatoms. The molecule has 0 N–H and O–H groups in total. The first-order valence-corrected chi connectivity index (χ1v) is 26.1. The van der Waals surface area contributed by atoms with Crippen molar-refractivity contribution in [1.82, 2.24) is 0 Å². The number of unbranched alkanes of at least 4 members (excludes halogenated alkanes) is 20. The summed E-state index contributed by atoms with van der Waals surface area (Å²) in [5.41, 5.74) is 0. The van der Waals surface area contributed by atoms with Gasteiger partial charge in [-0.2, -0.15) is 0 Å². The minimum absolute atomic E-state index is 0.121. The van der Waals surface area contributed by atoms with Crippen LogP contribution in [0.2, 0.25) is 0 Å². The molecule has 0 radical (unpaired) electrons. The van der Waals surface area contributed by atoms with Gasteiger partial charge in [-0.1, -0.05) is 215 Å². The Morgan fingerprint density at radius 2 is 0.877 bits per heavy atom. The van der Waals surface area contributed by atoms with Crippen molar-refractivity contribution in [3.8, 4) is 0 Å². The number of hydrogen-bond acceptors (Lipinski definition) is 8. The van der Waals surface area contributed by atoms with E-state index in [0.29, 0.717) is 17.4 Å². The molecule has 0 fully saturated rings. The van der Waals surface area contributed by atoms with E-state index in [9.17, 15) is 19.5 Å². The molecule has 0 saturated heterocycles. The second kappa shape index (κ2) is 47.2. The van der Waals surface area contributed by atoms with E-state index in [2.05, 4.69) is 74.6 Å². The summed E-state index contributed by atoms with van der Waals surface area (Å²) in [5.74, 6) is -2.40. The molecule has 0 aromatic rings. The van der Waals surface area contributed by atoms with Crippen LogP contribution in [-0.2, 0) is 33.3 Å². The van der Waals surface area contributed by atoms with Gasteiger partial charge in [0, 0.05) is 12.8 Å². The van der Waals surface area contributed by atoms with Gasteiger partial charge >= 0.3 is 11.9 Å². The molecule has 0 bridgehead atoms. The monoisotopic (exact) mass is 912 g/mol. The molecule has 0 aliphatic carbocycles. The standard InChI is InChI=1S/C56H97NO8/c1-6-8-10-12-14-16-18-20-22-24-26-27-29-30-32-34-36-38-40-42-44-46-53(58)63-50-52(51-64-56(55(60)61)62-49-48-57(3,4)5)65-54(59)47-45-43-41-39-37-35-33-31-28-25-23-21-19-17-15-13-11-9-7-2/h9,11,15,17,21,23,28,31,35,37,41,43,52,56H,6-8,10,12-14,16,18-20,22,24-27,29-30,32-34,36,38-40,42,44-51H2,1-5H3/b11-9-,17-15-,23-21-,31-28-,37-35-,43-41-. The van der Waals surface area contributed by atoms with Gasteiger partial charge in [0.15, 0.2) is 12.4 Å². The molecule has 0 saturated carbocycles. The largest absolute Gasteiger partial charge is 0.545 e. The zero-order valence-electron chi connectivity index (χ0n) is 42.3. The Morgan fingerprint density at radius 3 is 1.28 bits per heavy atom. The van der Waals surface area contributed by atoms with Crippen LogP contribution in [-0.4, -0.2) is 82.3 Å². The van der Waals surface area contributed by atoms with Gasteiger partial charge in [0.05, 0.1) is 40.3 Å². The highest BCUT2D eigenvalue weighted by molar-refractivity contribution is 5.70. The van der Waals surface area contributed by atoms with Crippen LogP contribution in [0.1, 0.15) is 206 Å². The van der Waals surface area contributed by atoms with Gasteiger partial charge in [-0.25, -0.2) is 0 Å². The molecule has 374 valence electrons. The van der Waals surface area contributed by atoms with E-state index in [1.807, 2.05) is 33.3 Å². The number of nitrogens with zero attached hydrogens (tertiary/aromatic N) is 1. The molecule has 0 rings (SSSR count). The van der Waals surface area contributed by atoms with Crippen LogP contribution in [0.15, 0.2) is 72.9 Å². The van der Waals surface area contributed by atoms with Gasteiger partial charge < -0.3 is 33.3 Å². The lowest BCUT2D eigenvalue weighted by atomic mass is 10.0. The molecule has 0 aromatic carbocycles. The molecule has 2 unspecified atom stereocenters. The summed E-state index contributed by atoms with van der Waals surface area (Å²) in [7, 11) is 5.89. The van der Waals surface area contributed by atoms with E-state index in [4.69, 9.17) is 18.9 Å². The van der Waals surface area contributed by atoms with Crippen molar-refractivity contribution in [3.05, 3.63) is 72.9 Å². The Bertz CT molecular complexity index is 1290. The molecule has 2 atom stereocenters. The molecule has 9 nitrogen and oxygen atoms in total. The number of allylic oxidation sites excluding steroid dienone is 12. The number of likely N-dealkylation sites (N-methyl/N-ethyl adjacent to an activating group) is 1. The quantitative estimate of drug-likeness (QED) is 0.0195. The number of hydrogen-bond donors (Lipinski definition) is 0. The van der Waals surface area contributed by atoms with Crippen LogP contribution in [0.3, 0.4) is 0 Å². The van der Waals surface area contributed by atoms with Crippen LogP contribution < -0.4 is 5.11 Å². The maximum atomic E-state index is 12.8. The average Bonchev–Trinajstić information content (AvgIpc) is 3.27. The highest BCUT2D eigenvalue weighted by Crippen LogP contribution is 2.16. The Hall–Kier alpha value is -3.27. The van der Waals surface area contributed by atoms with E-state index in [1.54, 1.807) is 0 Å². The molecule has 0 aliphatic heterocycles. The van der Waals surface area contributed by atoms with Crippen molar-refractivity contribution in [3.63, 3.8) is 0 Å². The fraction of sp³-hybridized carbons (Fsp3) is 0.732. The number of aliphatic carboxylic acids is 1. The highest BCUT2D eigenvalue weighted by Gasteiger charge is 2.21. The maximum Gasteiger partial charge on any atom is 0.306 e. The molecule has 0 aliphatic rings. The zero-order chi connectivity index (χ0) is 47.7. The van der Waals surface area contributed by atoms with Crippen molar-refractivity contribution in [2.45, 2.75) is 219 Å². The summed E-state index contributed by atoms with van der Waals surface area (Å²) < 4.78 is 22.5. The van der Waals surface area contributed by atoms with Gasteiger partial charge in [0.1, 0.15) is 13.2 Å². The van der Waals surface area contributed by atoms with Gasteiger partial charge in [-0.15, -0.1) is 0 Å². The third kappa shape index (κ3) is 48.5. The summed E-state index contributed by atoms with van der Waals surface area (Å²) in [5, 5.41) is 11.7. The molecule has 0 amide bonds. The molecule has 0 heterocycles. The Balaban J connectivity index is 4.42. The Kier molecular flexibility index (Phi) is 44.9. The predicted molar refractivity (Wildman–Crippen MR) is 269 cm³/mol. The van der Waals surface area contributed by atoms with Gasteiger partial charge in [0.2, 0.25) is 0 Å². The van der Waals surface area contributed by atoms with E-state index in [-0.39, 0.29) is 38.6 Å². The number of ether oxygens (including phenoxy) is 4. The fourth-order valence-electron chi connectivity index (χ4n) is 6.97. The van der Waals surface area contributed by atoms with Gasteiger partial charge in [0.25, 0.3) is 0 Å². The van der Waals surface area contributed by atoms with Gasteiger partial charge in [-0.05, 0) is 51.4 Å². The number of carboxylic acids is 1. The van der Waals surface area contributed by atoms with Crippen molar-refractivity contribution in [2.75, 3.05) is 47.5 Å². The van der Waals surface area contributed by atoms with Crippen molar-refractivity contribution in [1.29, 1.82) is 0 Å². The zero-order valence-corrected chi connectivity index (χ0v) is 42.3. The van der Waals surface area contributed by atoms with Crippen LogP contribution >= 0.6 is 0 Å². The van der Waals surface area contributed by atoms with Gasteiger partial charge in [-0.3, -0.25) is 9.59 Å². The lowest BCUT2D eigenvalue weighted by Crippen LogP contribution is -2.44. The van der Waals surface area contributed by atoms with Crippen LogP contribution in [0.5, 0.6) is 0 Å². The smallest absolute Gasteiger partial charge is 0.306 e. The summed E-state index contributed by atoms with van der Waals surface area (Å²) in [6, 6.07) is 0. The van der Waals surface area contributed by atoms with E-state index >= 15 is 0 Å². The predicted octanol–water partition coefficient (Wildman–Crippen LogP) is 13.3. The summed E-state index contributed by atoms with van der Waals surface area (Å²) in [6.45, 7) is 4.55. The van der Waals surface area contributed by atoms with Crippen LogP contribution in [0, 0.1) is 0 Å². The van der Waals surface area contributed by atoms with Crippen molar-refractivity contribution in [2.24, 2.45) is 0 Å². The molecule has 0 aromatic heterocycles. The average molecular weight is 912 g/mol. The second-order valence-corrected chi connectivity index (χ2v) is 18.4. The van der Waals surface area contributed by atoms with E-state index in [1.165, 1.54) is 116 Å². The third-order valence-corrected chi connectivity index (χ3v) is 11.0. The first kappa shape index (κ1) is 61.7. The maximum absolute atomic E-state index is 12.8. The first-order valence-electron chi connectivity index (χ1n) is 26.1. The topological polar surface area (TPSA) is 111 Å². The van der Waals surface area contributed by atoms with Crippen molar-refractivity contribution >= 4 is 17.9 Å². The summed E-state index contributed by atoms with van der Waals surface area (Å²) in [6.07, 6.45) is 56.7. The Morgan fingerprint density at radius 1 is 0.477 bits per heavy atom. The SMILES string of the molecule is CC/C=C\C/C=C\C/C=C\C/C=C\C/C=C\C/C=C\CCC(=O)OC(COC(=O)CCCCCCCCCCCCCCCCCCCCCCC)COC(OCC[N+](C)(C)C)C(=O)[O-].